The maximum atomic E-state index is 11.9. The van der Waals surface area contributed by atoms with Crippen molar-refractivity contribution in [2.24, 2.45) is 0 Å². The molecule has 0 saturated carbocycles. The molecule has 0 unspecified atom stereocenters. The Morgan fingerprint density at radius 2 is 1.65 bits per heavy atom. The van der Waals surface area contributed by atoms with Crippen LogP contribution in [0, 0.1) is 0 Å². The van der Waals surface area contributed by atoms with Gasteiger partial charge in [-0.05, 0) is 44.1 Å². The lowest BCUT2D eigenvalue weighted by Gasteiger charge is -2.06. The van der Waals surface area contributed by atoms with Crippen molar-refractivity contribution in [2.45, 2.75) is 71.6 Å². The van der Waals surface area contributed by atoms with Crippen LogP contribution >= 0.6 is 0 Å². The van der Waals surface area contributed by atoms with Crippen molar-refractivity contribution in [3.05, 3.63) is 54.4 Å². The number of hydrogen-bond donors (Lipinski definition) is 0. The Bertz CT molecular complexity index is 770. The highest BCUT2D eigenvalue weighted by molar-refractivity contribution is 5.72. The van der Waals surface area contributed by atoms with E-state index in [0.717, 1.165) is 50.9 Å². The number of aromatic nitrogens is 2. The molecule has 5 nitrogen and oxygen atoms in total. The summed E-state index contributed by atoms with van der Waals surface area (Å²) in [5.41, 5.74) is 2.27. The second-order valence-corrected chi connectivity index (χ2v) is 7.64. The summed E-state index contributed by atoms with van der Waals surface area (Å²) >= 11 is 0. The third-order valence-electron chi connectivity index (χ3n) is 4.81. The lowest BCUT2D eigenvalue weighted by atomic mass is 10.0. The summed E-state index contributed by atoms with van der Waals surface area (Å²) in [6.45, 7) is 5.99. The lowest BCUT2D eigenvalue weighted by Crippen LogP contribution is -2.07. The van der Waals surface area contributed by atoms with Gasteiger partial charge >= 0.3 is 5.97 Å². The van der Waals surface area contributed by atoms with E-state index in [4.69, 9.17) is 9.47 Å². The predicted molar refractivity (Wildman–Crippen MR) is 125 cm³/mol. The van der Waals surface area contributed by atoms with Crippen molar-refractivity contribution in [2.75, 3.05) is 13.2 Å². The average Bonchev–Trinajstić information content (AvgIpc) is 2.79. The number of allylic oxidation sites excluding steroid dienone is 2. The van der Waals surface area contributed by atoms with Gasteiger partial charge in [0.15, 0.2) is 11.6 Å². The third-order valence-corrected chi connectivity index (χ3v) is 4.81. The SMILES string of the molecule is CCC/C=C/CCC(=O)Oc1cnc(-c2ccc(CCCCCOCCC)cc2)nc1. The van der Waals surface area contributed by atoms with Crippen LogP contribution in [0.5, 0.6) is 5.75 Å². The predicted octanol–water partition coefficient (Wildman–Crippen LogP) is 6.32. The maximum Gasteiger partial charge on any atom is 0.311 e. The quantitative estimate of drug-likeness (QED) is 0.190. The van der Waals surface area contributed by atoms with Gasteiger partial charge in [-0.1, -0.05) is 63.1 Å². The fourth-order valence-electron chi connectivity index (χ4n) is 3.08. The molecule has 5 heteroatoms. The molecule has 0 radical (unpaired) electrons. The molecule has 0 spiro atoms. The van der Waals surface area contributed by atoms with Crippen LogP contribution in [-0.4, -0.2) is 29.2 Å². The first kappa shape index (κ1) is 24.7. The highest BCUT2D eigenvalue weighted by Gasteiger charge is 2.07. The highest BCUT2D eigenvalue weighted by Crippen LogP contribution is 2.18. The number of benzene rings is 1. The molecular formula is C26H36N2O3. The van der Waals surface area contributed by atoms with Gasteiger partial charge in [0, 0.05) is 25.2 Å². The van der Waals surface area contributed by atoms with E-state index >= 15 is 0 Å². The second kappa shape index (κ2) is 15.3. The molecule has 1 aromatic carbocycles. The normalized spacial score (nSPS) is 11.2. The molecule has 0 fully saturated rings. The molecular weight excluding hydrogens is 388 g/mol. The van der Waals surface area contributed by atoms with E-state index in [1.165, 1.54) is 18.4 Å². The molecule has 0 saturated heterocycles. The van der Waals surface area contributed by atoms with Crippen molar-refractivity contribution in [1.82, 2.24) is 9.97 Å². The summed E-state index contributed by atoms with van der Waals surface area (Å²) in [7, 11) is 0. The lowest BCUT2D eigenvalue weighted by molar-refractivity contribution is -0.134. The summed E-state index contributed by atoms with van der Waals surface area (Å²) in [4.78, 5) is 20.6. The molecule has 0 N–H and O–H groups in total. The maximum absolute atomic E-state index is 11.9. The fourth-order valence-corrected chi connectivity index (χ4v) is 3.08. The first-order valence-corrected chi connectivity index (χ1v) is 11.6. The Hall–Kier alpha value is -2.53. The van der Waals surface area contributed by atoms with Crippen LogP contribution in [-0.2, 0) is 16.0 Å². The number of rotatable bonds is 15. The van der Waals surface area contributed by atoms with Crippen molar-refractivity contribution >= 4 is 5.97 Å². The Labute approximate surface area is 186 Å². The zero-order chi connectivity index (χ0) is 22.2. The molecule has 0 atom stereocenters. The van der Waals surface area contributed by atoms with Crippen LogP contribution in [0.4, 0.5) is 0 Å². The molecule has 31 heavy (non-hydrogen) atoms. The van der Waals surface area contributed by atoms with Gasteiger partial charge in [-0.25, -0.2) is 9.97 Å². The summed E-state index contributed by atoms with van der Waals surface area (Å²) in [5.74, 6) is 0.742. The van der Waals surface area contributed by atoms with E-state index in [1.54, 1.807) is 12.4 Å². The van der Waals surface area contributed by atoms with Gasteiger partial charge < -0.3 is 9.47 Å². The van der Waals surface area contributed by atoms with Crippen LogP contribution in [0.15, 0.2) is 48.8 Å². The smallest absolute Gasteiger partial charge is 0.311 e. The van der Waals surface area contributed by atoms with E-state index in [1.807, 2.05) is 18.2 Å². The standard InChI is InChI=1S/C26H36N2O3/c1-3-5-6-7-10-13-25(29)31-24-20-27-26(28-21-24)23-16-14-22(15-17-23)12-9-8-11-19-30-18-4-2/h6-7,14-17,20-21H,3-5,8-13,18-19H2,1-2H3/b7-6+. The first-order valence-electron chi connectivity index (χ1n) is 11.6. The van der Waals surface area contributed by atoms with E-state index in [-0.39, 0.29) is 5.97 Å². The Kier molecular flexibility index (Phi) is 12.2. The summed E-state index contributed by atoms with van der Waals surface area (Å²) in [6, 6.07) is 8.35. The van der Waals surface area contributed by atoms with Crippen LogP contribution in [0.2, 0.25) is 0 Å². The van der Waals surface area contributed by atoms with Gasteiger partial charge in [0.2, 0.25) is 0 Å². The van der Waals surface area contributed by atoms with Gasteiger partial charge in [-0.15, -0.1) is 0 Å². The largest absolute Gasteiger partial charge is 0.423 e. The zero-order valence-corrected chi connectivity index (χ0v) is 19.0. The molecule has 1 heterocycles. The number of esters is 1. The zero-order valence-electron chi connectivity index (χ0n) is 19.0. The third kappa shape index (κ3) is 10.4. The average molecular weight is 425 g/mol. The Morgan fingerprint density at radius 3 is 2.35 bits per heavy atom. The fraction of sp³-hybridized carbons (Fsp3) is 0.500. The number of unbranched alkanes of at least 4 members (excludes halogenated alkanes) is 3. The van der Waals surface area contributed by atoms with Crippen molar-refractivity contribution in [1.29, 1.82) is 0 Å². The molecule has 2 rings (SSSR count). The minimum Gasteiger partial charge on any atom is -0.423 e. The van der Waals surface area contributed by atoms with Crippen LogP contribution in [0.3, 0.4) is 0 Å². The van der Waals surface area contributed by atoms with Crippen LogP contribution in [0.1, 0.15) is 70.8 Å². The molecule has 0 aliphatic heterocycles. The summed E-state index contributed by atoms with van der Waals surface area (Å²) in [5, 5.41) is 0. The summed E-state index contributed by atoms with van der Waals surface area (Å²) in [6.07, 6.45) is 16.1. The molecule has 168 valence electrons. The Balaban J connectivity index is 1.73. The molecule has 1 aromatic heterocycles. The van der Waals surface area contributed by atoms with Gasteiger partial charge in [0.05, 0.1) is 12.4 Å². The number of ether oxygens (including phenoxy) is 2. The molecule has 2 aromatic rings. The van der Waals surface area contributed by atoms with E-state index in [2.05, 4.69) is 42.0 Å². The number of aryl methyl sites for hydroxylation is 1. The van der Waals surface area contributed by atoms with E-state index in [0.29, 0.717) is 24.4 Å². The van der Waals surface area contributed by atoms with Gasteiger partial charge in [-0.2, -0.15) is 0 Å². The first-order chi connectivity index (χ1) is 15.2. The minimum absolute atomic E-state index is 0.265. The van der Waals surface area contributed by atoms with Gasteiger partial charge in [0.25, 0.3) is 0 Å². The topological polar surface area (TPSA) is 61.3 Å². The van der Waals surface area contributed by atoms with Crippen LogP contribution in [0.25, 0.3) is 11.4 Å². The number of nitrogens with zero attached hydrogens (tertiary/aromatic N) is 2. The molecule has 0 aliphatic carbocycles. The second-order valence-electron chi connectivity index (χ2n) is 7.64. The van der Waals surface area contributed by atoms with E-state index < -0.39 is 0 Å². The minimum atomic E-state index is -0.265. The molecule has 0 bridgehead atoms. The molecule has 0 amide bonds. The van der Waals surface area contributed by atoms with Crippen molar-refractivity contribution < 1.29 is 14.3 Å². The highest BCUT2D eigenvalue weighted by atomic mass is 16.5. The van der Waals surface area contributed by atoms with Gasteiger partial charge in [-0.3, -0.25) is 4.79 Å². The van der Waals surface area contributed by atoms with Gasteiger partial charge in [0.1, 0.15) is 0 Å². The molecule has 0 aliphatic rings. The monoisotopic (exact) mass is 424 g/mol. The number of carbonyl (C=O) groups is 1. The van der Waals surface area contributed by atoms with Crippen LogP contribution < -0.4 is 4.74 Å². The van der Waals surface area contributed by atoms with Crippen molar-refractivity contribution in [3.8, 4) is 17.1 Å². The van der Waals surface area contributed by atoms with Crippen molar-refractivity contribution in [3.63, 3.8) is 0 Å². The Morgan fingerprint density at radius 1 is 0.903 bits per heavy atom. The number of hydrogen-bond acceptors (Lipinski definition) is 5. The summed E-state index contributed by atoms with van der Waals surface area (Å²) < 4.78 is 10.8. The number of carbonyl (C=O) groups excluding carboxylic acids is 1. The van der Waals surface area contributed by atoms with E-state index in [9.17, 15) is 4.79 Å².